The summed E-state index contributed by atoms with van der Waals surface area (Å²) < 4.78 is 0. The SMILES string of the molecule is C=CC(=O)N1CCC2(C1)CN(C(=O)CNc1cc(Cl)c(Cl)cc1O)C2. The monoisotopic (exact) mass is 383 g/mol. The van der Waals surface area contributed by atoms with Crippen molar-refractivity contribution in [2.75, 3.05) is 38.0 Å². The van der Waals surface area contributed by atoms with Gasteiger partial charge in [-0.3, -0.25) is 9.59 Å². The molecule has 0 aliphatic carbocycles. The van der Waals surface area contributed by atoms with E-state index in [4.69, 9.17) is 23.2 Å². The van der Waals surface area contributed by atoms with Gasteiger partial charge >= 0.3 is 0 Å². The fourth-order valence-electron chi connectivity index (χ4n) is 3.41. The lowest BCUT2D eigenvalue weighted by Crippen LogP contribution is -2.60. The van der Waals surface area contributed by atoms with E-state index in [1.54, 1.807) is 9.80 Å². The highest BCUT2D eigenvalue weighted by atomic mass is 35.5. The predicted molar refractivity (Wildman–Crippen MR) is 97.0 cm³/mol. The number of phenolic OH excluding ortho intramolecular Hbond substituents is 1. The van der Waals surface area contributed by atoms with Crippen molar-refractivity contribution in [1.82, 2.24) is 9.80 Å². The van der Waals surface area contributed by atoms with Gasteiger partial charge in [0.15, 0.2) is 0 Å². The number of rotatable bonds is 4. The van der Waals surface area contributed by atoms with Gasteiger partial charge in [0.25, 0.3) is 0 Å². The Kier molecular flexibility index (Phi) is 4.84. The van der Waals surface area contributed by atoms with E-state index in [1.807, 2.05) is 0 Å². The number of hydrogen-bond donors (Lipinski definition) is 2. The van der Waals surface area contributed by atoms with E-state index in [2.05, 4.69) is 11.9 Å². The molecule has 1 spiro atoms. The number of likely N-dealkylation sites (tertiary alicyclic amines) is 2. The van der Waals surface area contributed by atoms with Crippen LogP contribution < -0.4 is 5.32 Å². The number of benzene rings is 1. The molecular formula is C17H19Cl2N3O3. The lowest BCUT2D eigenvalue weighted by molar-refractivity contribution is -0.141. The van der Waals surface area contributed by atoms with Gasteiger partial charge in [-0.05, 0) is 18.6 Å². The van der Waals surface area contributed by atoms with Crippen LogP contribution in [0, 0.1) is 5.41 Å². The van der Waals surface area contributed by atoms with Crippen LogP contribution in [0.4, 0.5) is 5.69 Å². The van der Waals surface area contributed by atoms with Gasteiger partial charge in [0.1, 0.15) is 5.75 Å². The van der Waals surface area contributed by atoms with Crippen LogP contribution in [0.15, 0.2) is 24.8 Å². The van der Waals surface area contributed by atoms with Crippen LogP contribution in [0.25, 0.3) is 0 Å². The second-order valence-corrected chi connectivity index (χ2v) is 7.42. The van der Waals surface area contributed by atoms with Crippen LogP contribution in [0.1, 0.15) is 6.42 Å². The first-order valence-electron chi connectivity index (χ1n) is 7.94. The molecule has 2 N–H and O–H groups in total. The summed E-state index contributed by atoms with van der Waals surface area (Å²) in [5.74, 6) is -0.181. The molecule has 0 saturated carbocycles. The zero-order valence-corrected chi connectivity index (χ0v) is 15.1. The van der Waals surface area contributed by atoms with Gasteiger partial charge in [0.05, 0.1) is 22.3 Å². The molecule has 25 heavy (non-hydrogen) atoms. The Hall–Kier alpha value is -1.92. The third-order valence-corrected chi connectivity index (χ3v) is 5.52. The fraction of sp³-hybridized carbons (Fsp3) is 0.412. The van der Waals surface area contributed by atoms with Crippen molar-refractivity contribution in [3.8, 4) is 5.75 Å². The quantitative estimate of drug-likeness (QED) is 0.618. The van der Waals surface area contributed by atoms with Crippen LogP contribution in [0.5, 0.6) is 5.75 Å². The molecule has 6 nitrogen and oxygen atoms in total. The lowest BCUT2D eigenvalue weighted by Gasteiger charge is -2.48. The molecule has 2 amide bonds. The van der Waals surface area contributed by atoms with Gasteiger partial charge in [-0.15, -0.1) is 0 Å². The molecule has 1 aromatic carbocycles. The Balaban J connectivity index is 1.51. The Morgan fingerprint density at radius 2 is 1.88 bits per heavy atom. The van der Waals surface area contributed by atoms with Crippen molar-refractivity contribution in [3.63, 3.8) is 0 Å². The molecular weight excluding hydrogens is 365 g/mol. The van der Waals surface area contributed by atoms with Crippen molar-refractivity contribution in [3.05, 3.63) is 34.8 Å². The highest BCUT2D eigenvalue weighted by Crippen LogP contribution is 2.39. The van der Waals surface area contributed by atoms with E-state index < -0.39 is 0 Å². The van der Waals surface area contributed by atoms with Crippen LogP contribution in [0.3, 0.4) is 0 Å². The number of anilines is 1. The molecule has 8 heteroatoms. The Bertz CT molecular complexity index is 732. The highest BCUT2D eigenvalue weighted by molar-refractivity contribution is 6.42. The summed E-state index contributed by atoms with van der Waals surface area (Å²) in [4.78, 5) is 27.5. The molecule has 3 rings (SSSR count). The van der Waals surface area contributed by atoms with Crippen LogP contribution >= 0.6 is 23.2 Å². The molecule has 0 unspecified atom stereocenters. The third kappa shape index (κ3) is 3.55. The molecule has 2 saturated heterocycles. The van der Waals surface area contributed by atoms with Gasteiger partial charge in [0.2, 0.25) is 11.8 Å². The van der Waals surface area contributed by atoms with Gasteiger partial charge in [-0.2, -0.15) is 0 Å². The first-order valence-corrected chi connectivity index (χ1v) is 8.70. The zero-order chi connectivity index (χ0) is 18.2. The van der Waals surface area contributed by atoms with Crippen LogP contribution in [0.2, 0.25) is 10.0 Å². The summed E-state index contributed by atoms with van der Waals surface area (Å²) >= 11 is 11.7. The average Bonchev–Trinajstić information content (AvgIpc) is 3.00. The Morgan fingerprint density at radius 3 is 2.56 bits per heavy atom. The van der Waals surface area contributed by atoms with E-state index in [0.29, 0.717) is 36.9 Å². The minimum absolute atomic E-state index is 0.0139. The first-order chi connectivity index (χ1) is 11.8. The van der Waals surface area contributed by atoms with Crippen molar-refractivity contribution in [1.29, 1.82) is 0 Å². The summed E-state index contributed by atoms with van der Waals surface area (Å²) in [7, 11) is 0. The highest BCUT2D eigenvalue weighted by Gasteiger charge is 2.49. The summed E-state index contributed by atoms with van der Waals surface area (Å²) in [6.07, 6.45) is 2.23. The predicted octanol–water partition coefficient (Wildman–Crippen LogP) is 2.36. The third-order valence-electron chi connectivity index (χ3n) is 4.80. The van der Waals surface area contributed by atoms with E-state index in [9.17, 15) is 14.7 Å². The zero-order valence-electron chi connectivity index (χ0n) is 13.6. The number of carbonyl (C=O) groups excluding carboxylic acids is 2. The van der Waals surface area contributed by atoms with Crippen molar-refractivity contribution in [2.24, 2.45) is 5.41 Å². The van der Waals surface area contributed by atoms with Gasteiger partial charge in [-0.1, -0.05) is 29.8 Å². The molecule has 134 valence electrons. The van der Waals surface area contributed by atoms with Crippen molar-refractivity contribution < 1.29 is 14.7 Å². The first kappa shape index (κ1) is 17.9. The number of halogens is 2. The summed E-state index contributed by atoms with van der Waals surface area (Å²) in [5, 5.41) is 13.3. The smallest absolute Gasteiger partial charge is 0.245 e. The van der Waals surface area contributed by atoms with Crippen molar-refractivity contribution in [2.45, 2.75) is 6.42 Å². The minimum Gasteiger partial charge on any atom is -0.506 e. The van der Waals surface area contributed by atoms with Crippen molar-refractivity contribution >= 4 is 40.7 Å². The van der Waals surface area contributed by atoms with Crippen LogP contribution in [-0.2, 0) is 9.59 Å². The lowest BCUT2D eigenvalue weighted by atomic mass is 9.79. The van der Waals surface area contributed by atoms with E-state index in [-0.39, 0.29) is 34.5 Å². The number of nitrogens with zero attached hydrogens (tertiary/aromatic N) is 2. The standard InChI is InChI=1S/C17H19Cl2N3O3/c1-2-15(24)21-4-3-17(8-21)9-22(10-17)16(25)7-20-13-5-11(18)12(19)6-14(13)23/h2,5-6,20,23H,1,3-4,7-10H2. The number of carbonyl (C=O) groups is 2. The maximum atomic E-state index is 12.3. The minimum atomic E-state index is -0.0652. The van der Waals surface area contributed by atoms with Crippen LogP contribution in [-0.4, -0.2) is 59.4 Å². The normalized spacial score (nSPS) is 18.2. The van der Waals surface area contributed by atoms with E-state index >= 15 is 0 Å². The fourth-order valence-corrected chi connectivity index (χ4v) is 3.73. The molecule has 0 aromatic heterocycles. The van der Waals surface area contributed by atoms with Gasteiger partial charge in [-0.25, -0.2) is 0 Å². The molecule has 0 bridgehead atoms. The molecule has 2 fully saturated rings. The molecule has 2 heterocycles. The topological polar surface area (TPSA) is 72.9 Å². The van der Waals surface area contributed by atoms with Gasteiger partial charge < -0.3 is 20.2 Å². The Labute approximate surface area is 156 Å². The number of hydrogen-bond acceptors (Lipinski definition) is 4. The maximum absolute atomic E-state index is 12.3. The summed E-state index contributed by atoms with van der Waals surface area (Å²) in [6.45, 7) is 6.22. The number of nitrogens with one attached hydrogen (secondary N) is 1. The second-order valence-electron chi connectivity index (χ2n) is 6.60. The maximum Gasteiger partial charge on any atom is 0.245 e. The summed E-state index contributed by atoms with van der Waals surface area (Å²) in [5.41, 5.74) is 0.377. The average molecular weight is 384 g/mol. The molecule has 2 aliphatic heterocycles. The molecule has 1 aromatic rings. The second kappa shape index (κ2) is 6.77. The molecule has 0 atom stereocenters. The van der Waals surface area contributed by atoms with E-state index in [0.717, 1.165) is 6.42 Å². The number of aromatic hydroxyl groups is 1. The molecule has 2 aliphatic rings. The van der Waals surface area contributed by atoms with E-state index in [1.165, 1.54) is 18.2 Å². The summed E-state index contributed by atoms with van der Waals surface area (Å²) in [6, 6.07) is 2.82. The van der Waals surface area contributed by atoms with Gasteiger partial charge in [0, 0.05) is 37.7 Å². The largest absolute Gasteiger partial charge is 0.506 e. The Morgan fingerprint density at radius 1 is 1.24 bits per heavy atom. The number of amides is 2. The molecule has 0 radical (unpaired) electrons. The number of phenols is 1.